The zero-order valence-corrected chi connectivity index (χ0v) is 21.0. The molecule has 2 heterocycles. The van der Waals surface area contributed by atoms with E-state index in [1.54, 1.807) is 49.8 Å². The van der Waals surface area contributed by atoms with Gasteiger partial charge in [-0.05, 0) is 72.0 Å². The molecule has 1 aliphatic heterocycles. The quantitative estimate of drug-likeness (QED) is 0.257. The fraction of sp³-hybridized carbons (Fsp3) is 0.222. The van der Waals surface area contributed by atoms with Gasteiger partial charge in [-0.25, -0.2) is 0 Å². The second-order valence-electron chi connectivity index (χ2n) is 8.49. The summed E-state index contributed by atoms with van der Waals surface area (Å²) in [4.78, 5) is 32.1. The van der Waals surface area contributed by atoms with Gasteiger partial charge in [-0.1, -0.05) is 35.8 Å². The van der Waals surface area contributed by atoms with Crippen molar-refractivity contribution in [1.82, 2.24) is 4.98 Å². The molecule has 3 aromatic rings. The number of hydrogen-bond donors (Lipinski definition) is 1. The topological polar surface area (TPSA) is 79.7 Å². The van der Waals surface area contributed by atoms with E-state index in [4.69, 9.17) is 4.74 Å². The van der Waals surface area contributed by atoms with E-state index >= 15 is 0 Å². The van der Waals surface area contributed by atoms with E-state index in [1.165, 1.54) is 4.90 Å². The number of carbonyl (C=O) groups is 2. The molecule has 1 fully saturated rings. The molecule has 1 aliphatic rings. The van der Waals surface area contributed by atoms with Gasteiger partial charge < -0.3 is 9.84 Å². The van der Waals surface area contributed by atoms with E-state index in [0.29, 0.717) is 22.6 Å². The first kappa shape index (κ1) is 23.7. The third-order valence-corrected chi connectivity index (χ3v) is 6.50. The Labute approximate surface area is 207 Å². The van der Waals surface area contributed by atoms with Crippen LogP contribution in [0.5, 0.6) is 5.75 Å². The second kappa shape index (κ2) is 9.43. The van der Waals surface area contributed by atoms with Gasteiger partial charge in [-0.2, -0.15) is 0 Å². The number of anilines is 1. The van der Waals surface area contributed by atoms with Crippen molar-refractivity contribution in [2.45, 2.75) is 32.7 Å². The molecule has 34 heavy (non-hydrogen) atoms. The molecule has 0 bridgehead atoms. The number of ether oxygens (including phenoxy) is 1. The van der Waals surface area contributed by atoms with Gasteiger partial charge in [-0.15, -0.1) is 0 Å². The predicted molar refractivity (Wildman–Crippen MR) is 135 cm³/mol. The minimum Gasteiger partial charge on any atom is -0.507 e. The number of pyridine rings is 1. The Bertz CT molecular complexity index is 1300. The molecule has 1 atom stereocenters. The smallest absolute Gasteiger partial charge is 0.300 e. The highest BCUT2D eigenvalue weighted by molar-refractivity contribution is 9.10. The zero-order valence-electron chi connectivity index (χ0n) is 19.4. The minimum absolute atomic E-state index is 0.0409. The van der Waals surface area contributed by atoms with Crippen LogP contribution in [0.4, 0.5) is 5.69 Å². The Morgan fingerprint density at radius 3 is 2.44 bits per heavy atom. The number of halogens is 1. The van der Waals surface area contributed by atoms with E-state index in [9.17, 15) is 14.7 Å². The minimum atomic E-state index is -0.804. The van der Waals surface area contributed by atoms with Gasteiger partial charge in [0.25, 0.3) is 11.7 Å². The number of rotatable bonds is 5. The molecule has 0 spiro atoms. The van der Waals surface area contributed by atoms with Gasteiger partial charge in [0.05, 0.1) is 18.7 Å². The molecule has 0 saturated carbocycles. The number of aryl methyl sites for hydroxylation is 1. The molecule has 1 N–H and O–H groups in total. The van der Waals surface area contributed by atoms with Crippen molar-refractivity contribution >= 4 is 39.1 Å². The standard InChI is InChI=1S/C27H25BrN2O4/c1-15(2)20-14-21(16(3)12-22(20)34-4)25(31)23-24(17-8-10-29-11-9-17)30(27(33)26(23)32)19-7-5-6-18(28)13-19/h5-15,24,31H,1-4H3/b25-23+. The van der Waals surface area contributed by atoms with Gasteiger partial charge in [0.15, 0.2) is 0 Å². The summed E-state index contributed by atoms with van der Waals surface area (Å²) in [7, 11) is 1.60. The summed E-state index contributed by atoms with van der Waals surface area (Å²) in [5.41, 5.74) is 3.39. The lowest BCUT2D eigenvalue weighted by atomic mass is 9.91. The van der Waals surface area contributed by atoms with Gasteiger partial charge in [-0.3, -0.25) is 19.5 Å². The lowest BCUT2D eigenvalue weighted by molar-refractivity contribution is -0.132. The van der Waals surface area contributed by atoms with Crippen molar-refractivity contribution in [3.8, 4) is 5.75 Å². The number of carbonyl (C=O) groups excluding carboxylic acids is 2. The average Bonchev–Trinajstić information content (AvgIpc) is 3.09. The van der Waals surface area contributed by atoms with E-state index in [1.807, 2.05) is 39.0 Å². The Morgan fingerprint density at radius 1 is 1.12 bits per heavy atom. The SMILES string of the molecule is COc1cc(C)c(/C(O)=C2\C(=O)C(=O)N(c3cccc(Br)c3)C2c2ccncc2)cc1C(C)C. The summed E-state index contributed by atoms with van der Waals surface area (Å²) in [5.74, 6) is -0.802. The number of ketones is 1. The molecule has 1 saturated heterocycles. The van der Waals surface area contributed by atoms with Crippen LogP contribution in [0.3, 0.4) is 0 Å². The van der Waals surface area contributed by atoms with E-state index in [-0.39, 0.29) is 17.3 Å². The average molecular weight is 521 g/mol. The number of hydrogen-bond acceptors (Lipinski definition) is 5. The highest BCUT2D eigenvalue weighted by Gasteiger charge is 2.47. The van der Waals surface area contributed by atoms with Crippen molar-refractivity contribution in [3.05, 3.63) is 93.2 Å². The molecular weight excluding hydrogens is 496 g/mol. The third-order valence-electron chi connectivity index (χ3n) is 6.01. The van der Waals surface area contributed by atoms with E-state index in [2.05, 4.69) is 20.9 Å². The first-order valence-electron chi connectivity index (χ1n) is 10.9. The molecule has 0 aliphatic carbocycles. The summed E-state index contributed by atoms with van der Waals surface area (Å²) in [6, 6.07) is 13.5. The van der Waals surface area contributed by atoms with Crippen LogP contribution in [0, 0.1) is 6.92 Å². The van der Waals surface area contributed by atoms with Crippen molar-refractivity contribution in [2.24, 2.45) is 0 Å². The maximum atomic E-state index is 13.4. The Hall–Kier alpha value is -3.45. The Balaban J connectivity index is 1.98. The summed E-state index contributed by atoms with van der Waals surface area (Å²) in [5, 5.41) is 11.5. The summed E-state index contributed by atoms with van der Waals surface area (Å²) >= 11 is 3.44. The van der Waals surface area contributed by atoms with Crippen LogP contribution < -0.4 is 9.64 Å². The molecular formula is C27H25BrN2O4. The van der Waals surface area contributed by atoms with Crippen molar-refractivity contribution in [3.63, 3.8) is 0 Å². The highest BCUT2D eigenvalue weighted by atomic mass is 79.9. The van der Waals surface area contributed by atoms with E-state index in [0.717, 1.165) is 15.6 Å². The number of aromatic nitrogens is 1. The number of amides is 1. The molecule has 1 unspecified atom stereocenters. The zero-order chi connectivity index (χ0) is 24.6. The van der Waals surface area contributed by atoms with Gasteiger partial charge in [0.1, 0.15) is 11.5 Å². The summed E-state index contributed by atoms with van der Waals surface area (Å²) in [6.45, 7) is 5.90. The largest absolute Gasteiger partial charge is 0.507 e. The monoisotopic (exact) mass is 520 g/mol. The Morgan fingerprint density at radius 2 is 1.82 bits per heavy atom. The molecule has 7 heteroatoms. The van der Waals surface area contributed by atoms with Crippen molar-refractivity contribution in [2.75, 3.05) is 12.0 Å². The molecule has 0 radical (unpaired) electrons. The predicted octanol–water partition coefficient (Wildman–Crippen LogP) is 5.91. The maximum Gasteiger partial charge on any atom is 0.300 e. The fourth-order valence-electron chi connectivity index (χ4n) is 4.31. The number of aliphatic hydroxyl groups is 1. The van der Waals surface area contributed by atoms with Crippen LogP contribution in [0.25, 0.3) is 5.76 Å². The summed E-state index contributed by atoms with van der Waals surface area (Å²) < 4.78 is 6.30. The van der Waals surface area contributed by atoms with Gasteiger partial charge in [0, 0.05) is 28.1 Å². The molecule has 1 amide bonds. The van der Waals surface area contributed by atoms with Crippen LogP contribution in [0.2, 0.25) is 0 Å². The van der Waals surface area contributed by atoms with E-state index < -0.39 is 17.7 Å². The maximum absolute atomic E-state index is 13.4. The molecule has 2 aromatic carbocycles. The number of benzene rings is 2. The third kappa shape index (κ3) is 4.12. The second-order valence-corrected chi connectivity index (χ2v) is 9.41. The number of nitrogens with zero attached hydrogens (tertiary/aromatic N) is 2. The van der Waals surface area contributed by atoms with Gasteiger partial charge >= 0.3 is 0 Å². The molecule has 1 aromatic heterocycles. The normalized spacial score (nSPS) is 17.5. The van der Waals surface area contributed by atoms with Crippen LogP contribution in [-0.2, 0) is 9.59 Å². The van der Waals surface area contributed by atoms with Gasteiger partial charge in [0.2, 0.25) is 0 Å². The molecule has 4 rings (SSSR count). The number of aliphatic hydroxyl groups excluding tert-OH is 1. The lowest BCUT2D eigenvalue weighted by Gasteiger charge is -2.25. The summed E-state index contributed by atoms with van der Waals surface area (Å²) in [6.07, 6.45) is 3.21. The van der Waals surface area contributed by atoms with Crippen LogP contribution in [0.1, 0.15) is 48.1 Å². The number of Topliss-reactive ketones (excluding diaryl/α,β-unsaturated/α-hetero) is 1. The molecule has 6 nitrogen and oxygen atoms in total. The van der Waals surface area contributed by atoms with Crippen LogP contribution in [-0.4, -0.2) is 28.9 Å². The Kier molecular flexibility index (Phi) is 6.57. The van der Waals surface area contributed by atoms with Crippen molar-refractivity contribution < 1.29 is 19.4 Å². The first-order chi connectivity index (χ1) is 16.2. The highest BCUT2D eigenvalue weighted by Crippen LogP contribution is 2.43. The lowest BCUT2D eigenvalue weighted by Crippen LogP contribution is -2.29. The first-order valence-corrected chi connectivity index (χ1v) is 11.7. The number of methoxy groups -OCH3 is 1. The fourth-order valence-corrected chi connectivity index (χ4v) is 4.70. The van der Waals surface area contributed by atoms with Crippen LogP contribution in [0.15, 0.2) is 71.0 Å². The molecule has 174 valence electrons. The van der Waals surface area contributed by atoms with Crippen molar-refractivity contribution in [1.29, 1.82) is 0 Å². The van der Waals surface area contributed by atoms with Crippen LogP contribution >= 0.6 is 15.9 Å².